The summed E-state index contributed by atoms with van der Waals surface area (Å²) in [5.41, 5.74) is 0. The van der Waals surface area contributed by atoms with Gasteiger partial charge in [0.15, 0.2) is 9.84 Å². The van der Waals surface area contributed by atoms with Crippen molar-refractivity contribution in [3.8, 4) is 5.40 Å². The van der Waals surface area contributed by atoms with Crippen LogP contribution in [-0.4, -0.2) is 14.7 Å². The van der Waals surface area contributed by atoms with E-state index in [1.165, 1.54) is 12.1 Å². The first kappa shape index (κ1) is 10.1. The van der Waals surface area contributed by atoms with E-state index in [9.17, 15) is 8.42 Å². The summed E-state index contributed by atoms with van der Waals surface area (Å²) >= 11 is 0.947. The highest BCUT2D eigenvalue weighted by atomic mass is 32.2. The van der Waals surface area contributed by atoms with E-state index in [4.69, 9.17) is 5.26 Å². The summed E-state index contributed by atoms with van der Waals surface area (Å²) in [5, 5.41) is 10.3. The minimum atomic E-state index is -3.17. The molecule has 0 heterocycles. The van der Waals surface area contributed by atoms with Gasteiger partial charge in [-0.05, 0) is 30.0 Å². The molecule has 1 aromatic rings. The summed E-state index contributed by atoms with van der Waals surface area (Å²) in [6, 6.07) is 6.32. The molecule has 13 heavy (non-hydrogen) atoms. The van der Waals surface area contributed by atoms with Gasteiger partial charge in [0, 0.05) is 11.2 Å². The van der Waals surface area contributed by atoms with Crippen molar-refractivity contribution in [1.82, 2.24) is 0 Å². The normalized spacial score (nSPS) is 10.8. The fourth-order valence-corrected chi connectivity index (χ4v) is 2.00. The van der Waals surface area contributed by atoms with Crippen LogP contribution in [0.15, 0.2) is 34.1 Å². The Kier molecular flexibility index (Phi) is 2.96. The lowest BCUT2D eigenvalue weighted by Gasteiger charge is -1.98. The van der Waals surface area contributed by atoms with Crippen molar-refractivity contribution in [3.05, 3.63) is 24.3 Å². The van der Waals surface area contributed by atoms with E-state index >= 15 is 0 Å². The second-order valence-electron chi connectivity index (χ2n) is 2.44. The molecule has 0 unspecified atom stereocenters. The molecular formula is C8H7NO2S2. The van der Waals surface area contributed by atoms with Crippen molar-refractivity contribution in [2.24, 2.45) is 0 Å². The quantitative estimate of drug-likeness (QED) is 0.554. The maximum atomic E-state index is 11.1. The molecule has 0 saturated carbocycles. The van der Waals surface area contributed by atoms with Crippen LogP contribution < -0.4 is 0 Å². The van der Waals surface area contributed by atoms with E-state index in [2.05, 4.69) is 0 Å². The second kappa shape index (κ2) is 3.81. The van der Waals surface area contributed by atoms with Crippen LogP contribution in [0.2, 0.25) is 0 Å². The van der Waals surface area contributed by atoms with Gasteiger partial charge in [-0.15, -0.1) is 0 Å². The Morgan fingerprint density at radius 1 is 1.46 bits per heavy atom. The molecule has 0 atom stereocenters. The predicted octanol–water partition coefficient (Wildman–Crippen LogP) is 1.66. The van der Waals surface area contributed by atoms with Crippen LogP contribution >= 0.6 is 11.8 Å². The number of thioether (sulfide) groups is 1. The van der Waals surface area contributed by atoms with Crippen LogP contribution in [0.3, 0.4) is 0 Å². The zero-order valence-corrected chi connectivity index (χ0v) is 8.52. The Morgan fingerprint density at radius 3 is 2.69 bits per heavy atom. The number of nitrogens with zero attached hydrogens (tertiary/aromatic N) is 1. The Labute approximate surface area is 81.3 Å². The number of nitriles is 1. The molecule has 0 aliphatic rings. The molecule has 0 saturated heterocycles. The lowest BCUT2D eigenvalue weighted by Crippen LogP contribution is -1.96. The summed E-state index contributed by atoms with van der Waals surface area (Å²) in [7, 11) is -3.17. The van der Waals surface area contributed by atoms with Gasteiger partial charge in [0.2, 0.25) is 0 Å². The van der Waals surface area contributed by atoms with E-state index in [-0.39, 0.29) is 4.90 Å². The van der Waals surface area contributed by atoms with Crippen LogP contribution in [0.5, 0.6) is 0 Å². The average molecular weight is 213 g/mol. The third-order valence-corrected chi connectivity index (χ3v) is 3.09. The summed E-state index contributed by atoms with van der Waals surface area (Å²) in [4.78, 5) is 0.887. The molecule has 1 rings (SSSR count). The van der Waals surface area contributed by atoms with Gasteiger partial charge in [-0.3, -0.25) is 0 Å². The number of hydrogen-bond acceptors (Lipinski definition) is 4. The molecule has 0 amide bonds. The molecule has 5 heteroatoms. The first-order valence-corrected chi connectivity index (χ1v) is 6.11. The Balaban J connectivity index is 3.15. The third kappa shape index (κ3) is 2.76. The standard InChI is InChI=1S/C8H7NO2S2/c1-13(10,11)8-4-2-3-7(5-8)12-6-9/h2-5H,1H3. The molecule has 0 aromatic heterocycles. The highest BCUT2D eigenvalue weighted by Crippen LogP contribution is 2.19. The first-order chi connectivity index (χ1) is 6.04. The SMILES string of the molecule is CS(=O)(=O)c1cccc(SC#N)c1. The molecule has 3 nitrogen and oxygen atoms in total. The number of rotatable bonds is 2. The van der Waals surface area contributed by atoms with Crippen molar-refractivity contribution >= 4 is 21.6 Å². The van der Waals surface area contributed by atoms with Crippen LogP contribution in [0.1, 0.15) is 0 Å². The second-order valence-corrected chi connectivity index (χ2v) is 5.31. The Morgan fingerprint density at radius 2 is 2.15 bits per heavy atom. The summed E-state index contributed by atoms with van der Waals surface area (Å²) in [6.07, 6.45) is 1.14. The van der Waals surface area contributed by atoms with Gasteiger partial charge >= 0.3 is 0 Å². The lowest BCUT2D eigenvalue weighted by molar-refractivity contribution is 0.601. The molecule has 0 bridgehead atoms. The van der Waals surface area contributed by atoms with E-state index in [1.54, 1.807) is 12.1 Å². The highest BCUT2D eigenvalue weighted by Gasteiger charge is 2.06. The number of thiocyanates is 1. The zero-order valence-electron chi connectivity index (χ0n) is 6.89. The molecular weight excluding hydrogens is 206 g/mol. The minimum Gasteiger partial charge on any atom is -0.224 e. The summed E-state index contributed by atoms with van der Waals surface area (Å²) in [5.74, 6) is 0. The van der Waals surface area contributed by atoms with Gasteiger partial charge in [-0.25, -0.2) is 8.42 Å². The average Bonchev–Trinajstić information content (AvgIpc) is 2.04. The Bertz CT molecular complexity index is 445. The maximum absolute atomic E-state index is 11.1. The zero-order chi connectivity index (χ0) is 9.90. The maximum Gasteiger partial charge on any atom is 0.175 e. The topological polar surface area (TPSA) is 57.9 Å². The monoisotopic (exact) mass is 213 g/mol. The highest BCUT2D eigenvalue weighted by molar-refractivity contribution is 8.03. The van der Waals surface area contributed by atoms with E-state index in [0.717, 1.165) is 18.0 Å². The van der Waals surface area contributed by atoms with Gasteiger partial charge in [0.05, 0.1) is 4.90 Å². The smallest absolute Gasteiger partial charge is 0.175 e. The molecule has 0 N–H and O–H groups in total. The van der Waals surface area contributed by atoms with Crippen molar-refractivity contribution in [1.29, 1.82) is 5.26 Å². The minimum absolute atomic E-state index is 0.243. The van der Waals surface area contributed by atoms with Gasteiger partial charge in [-0.2, -0.15) is 5.26 Å². The van der Waals surface area contributed by atoms with Crippen molar-refractivity contribution in [3.63, 3.8) is 0 Å². The molecule has 0 fully saturated rings. The lowest BCUT2D eigenvalue weighted by atomic mass is 10.4. The molecule has 1 aromatic carbocycles. The van der Waals surface area contributed by atoms with Crippen molar-refractivity contribution < 1.29 is 8.42 Å². The van der Waals surface area contributed by atoms with Gasteiger partial charge in [-0.1, -0.05) is 6.07 Å². The summed E-state index contributed by atoms with van der Waals surface area (Å²) < 4.78 is 22.2. The predicted molar refractivity (Wildman–Crippen MR) is 51.0 cm³/mol. The van der Waals surface area contributed by atoms with E-state index < -0.39 is 9.84 Å². The van der Waals surface area contributed by atoms with Crippen LogP contribution in [-0.2, 0) is 9.84 Å². The van der Waals surface area contributed by atoms with Gasteiger partial charge < -0.3 is 0 Å². The molecule has 0 radical (unpaired) electrons. The van der Waals surface area contributed by atoms with Gasteiger partial charge in [0.25, 0.3) is 0 Å². The number of sulfone groups is 1. The van der Waals surface area contributed by atoms with Gasteiger partial charge in [0.1, 0.15) is 5.40 Å². The molecule has 0 aliphatic heterocycles. The first-order valence-electron chi connectivity index (χ1n) is 3.40. The third-order valence-electron chi connectivity index (χ3n) is 1.40. The fraction of sp³-hybridized carbons (Fsp3) is 0.125. The van der Waals surface area contributed by atoms with Crippen LogP contribution in [0.25, 0.3) is 0 Å². The van der Waals surface area contributed by atoms with Crippen LogP contribution in [0, 0.1) is 10.7 Å². The van der Waals surface area contributed by atoms with Crippen molar-refractivity contribution in [2.75, 3.05) is 6.26 Å². The van der Waals surface area contributed by atoms with E-state index in [1.807, 2.05) is 5.40 Å². The summed E-state index contributed by atoms with van der Waals surface area (Å²) in [6.45, 7) is 0. The Hall–Kier alpha value is -0.990. The molecule has 0 spiro atoms. The molecule has 0 aliphatic carbocycles. The molecule has 68 valence electrons. The fourth-order valence-electron chi connectivity index (χ4n) is 0.821. The number of benzene rings is 1. The largest absolute Gasteiger partial charge is 0.224 e. The van der Waals surface area contributed by atoms with Crippen LogP contribution in [0.4, 0.5) is 0 Å². The number of hydrogen-bond donors (Lipinski definition) is 0. The van der Waals surface area contributed by atoms with Crippen molar-refractivity contribution in [2.45, 2.75) is 9.79 Å². The van der Waals surface area contributed by atoms with E-state index in [0.29, 0.717) is 4.90 Å².